The summed E-state index contributed by atoms with van der Waals surface area (Å²) in [6, 6.07) is 21.5. The third kappa shape index (κ3) is 6.77. The van der Waals surface area contributed by atoms with E-state index in [2.05, 4.69) is 111 Å². The van der Waals surface area contributed by atoms with E-state index in [0.29, 0.717) is 12.4 Å². The summed E-state index contributed by atoms with van der Waals surface area (Å²) in [5, 5.41) is 2.48. The Kier molecular flexibility index (Phi) is 11.3. The summed E-state index contributed by atoms with van der Waals surface area (Å²) in [5.41, 5.74) is 1.25. The second-order valence-corrected chi connectivity index (χ2v) is 16.6. The van der Waals surface area contributed by atoms with Gasteiger partial charge in [0, 0.05) is 35.4 Å². The summed E-state index contributed by atoms with van der Waals surface area (Å²) < 4.78 is 25.4. The summed E-state index contributed by atoms with van der Waals surface area (Å²) in [4.78, 5) is 4.73. The molecule has 0 fully saturated rings. The van der Waals surface area contributed by atoms with E-state index in [-0.39, 0.29) is 11.8 Å². The van der Waals surface area contributed by atoms with Crippen LogP contribution >= 0.6 is 15.9 Å². The van der Waals surface area contributed by atoms with Crippen LogP contribution in [0.15, 0.2) is 84.0 Å². The van der Waals surface area contributed by atoms with Crippen LogP contribution in [0.25, 0.3) is 0 Å². The standard InChI is InChI=1S/C33H44BrNO4Si/c1-9-33(6,31(38-24-36-7)29-30(37-8)25(2)28(34)23-35-29)21-16-22-39-40(32(3,4)5,26-17-12-10-13-18-26)27-19-14-11-15-20-27/h9-15,17-20,23,31H,1,16,21-22,24H2,2-8H3. The Morgan fingerprint density at radius 3 is 2.02 bits per heavy atom. The SMILES string of the molecule is C=CC(C)(CCCO[Si](c1ccccc1)(c1ccccc1)C(C)(C)C)C(OCOC)c1ncc(Br)c(C)c1OC. The molecule has 0 bridgehead atoms. The summed E-state index contributed by atoms with van der Waals surface area (Å²) in [6.07, 6.45) is 4.95. The molecule has 7 heteroatoms. The highest BCUT2D eigenvalue weighted by Crippen LogP contribution is 2.46. The van der Waals surface area contributed by atoms with Crippen molar-refractivity contribution in [2.75, 3.05) is 27.6 Å². The van der Waals surface area contributed by atoms with Crippen LogP contribution in [0.5, 0.6) is 5.75 Å². The van der Waals surface area contributed by atoms with Crippen molar-refractivity contribution >= 4 is 34.6 Å². The Hall–Kier alpha value is -2.29. The molecular weight excluding hydrogens is 582 g/mol. The molecule has 2 unspecified atom stereocenters. The van der Waals surface area contributed by atoms with Crippen LogP contribution in [-0.2, 0) is 13.9 Å². The largest absolute Gasteiger partial charge is 0.494 e. The van der Waals surface area contributed by atoms with Gasteiger partial charge in [0.2, 0.25) is 0 Å². The number of nitrogens with zero attached hydrogens (tertiary/aromatic N) is 1. The maximum absolute atomic E-state index is 7.15. The molecule has 0 saturated carbocycles. The first-order valence-corrected chi connectivity index (χ1v) is 16.4. The second kappa shape index (κ2) is 14.1. The topological polar surface area (TPSA) is 49.8 Å². The smallest absolute Gasteiger partial charge is 0.261 e. The fourth-order valence-electron chi connectivity index (χ4n) is 5.52. The van der Waals surface area contributed by atoms with E-state index >= 15 is 0 Å². The normalized spacial score (nSPS) is 14.4. The average molecular weight is 627 g/mol. The second-order valence-electron chi connectivity index (χ2n) is 11.4. The van der Waals surface area contributed by atoms with Crippen LogP contribution in [0.3, 0.4) is 0 Å². The predicted octanol–water partition coefficient (Wildman–Crippen LogP) is 7.37. The zero-order chi connectivity index (χ0) is 29.4. The zero-order valence-corrected chi connectivity index (χ0v) is 27.6. The first-order valence-electron chi connectivity index (χ1n) is 13.7. The highest BCUT2D eigenvalue weighted by molar-refractivity contribution is 9.10. The lowest BCUT2D eigenvalue weighted by atomic mass is 9.78. The first-order chi connectivity index (χ1) is 19.1. The molecule has 0 aliphatic rings. The predicted molar refractivity (Wildman–Crippen MR) is 170 cm³/mol. The number of pyridine rings is 1. The van der Waals surface area contributed by atoms with E-state index in [0.717, 1.165) is 28.6 Å². The number of aromatic nitrogens is 1. The van der Waals surface area contributed by atoms with E-state index in [1.807, 2.05) is 13.0 Å². The number of ether oxygens (including phenoxy) is 3. The quantitative estimate of drug-likeness (QED) is 0.0810. The highest BCUT2D eigenvalue weighted by Gasteiger charge is 2.50. The average Bonchev–Trinajstić information content (AvgIpc) is 2.95. The van der Waals surface area contributed by atoms with E-state index in [9.17, 15) is 0 Å². The lowest BCUT2D eigenvalue weighted by Gasteiger charge is -2.43. The van der Waals surface area contributed by atoms with E-state index in [4.69, 9.17) is 23.6 Å². The third-order valence-corrected chi connectivity index (χ3v) is 13.6. The Morgan fingerprint density at radius 2 is 1.55 bits per heavy atom. The first kappa shape index (κ1) is 32.2. The Balaban J connectivity index is 1.93. The molecule has 3 rings (SSSR count). The van der Waals surface area contributed by atoms with E-state index in [1.165, 1.54) is 10.4 Å². The van der Waals surface area contributed by atoms with Crippen LogP contribution < -0.4 is 15.1 Å². The number of methoxy groups -OCH3 is 2. The summed E-state index contributed by atoms with van der Waals surface area (Å²) in [6.45, 7) is 16.0. The minimum Gasteiger partial charge on any atom is -0.494 e. The highest BCUT2D eigenvalue weighted by atomic mass is 79.9. The van der Waals surface area contributed by atoms with Crippen molar-refractivity contribution in [1.82, 2.24) is 4.98 Å². The molecule has 216 valence electrons. The van der Waals surface area contributed by atoms with Gasteiger partial charge in [0.25, 0.3) is 8.32 Å². The molecule has 0 aliphatic heterocycles. The Labute approximate surface area is 250 Å². The number of benzene rings is 2. The zero-order valence-electron chi connectivity index (χ0n) is 25.0. The van der Waals surface area contributed by atoms with E-state index in [1.54, 1.807) is 20.4 Å². The molecule has 1 aromatic heterocycles. The minimum atomic E-state index is -2.61. The molecule has 2 atom stereocenters. The van der Waals surface area contributed by atoms with Crippen molar-refractivity contribution in [2.24, 2.45) is 5.41 Å². The third-order valence-electron chi connectivity index (χ3n) is 7.71. The Bertz CT molecular complexity index is 1190. The van der Waals surface area contributed by atoms with Crippen molar-refractivity contribution in [2.45, 2.75) is 58.6 Å². The van der Waals surface area contributed by atoms with Gasteiger partial charge in [-0.3, -0.25) is 4.98 Å². The molecular formula is C33H44BrNO4Si. The van der Waals surface area contributed by atoms with Crippen molar-refractivity contribution in [3.63, 3.8) is 0 Å². The molecule has 40 heavy (non-hydrogen) atoms. The molecule has 5 nitrogen and oxygen atoms in total. The maximum Gasteiger partial charge on any atom is 0.261 e. The lowest BCUT2D eigenvalue weighted by Crippen LogP contribution is -2.66. The van der Waals surface area contributed by atoms with Gasteiger partial charge in [-0.1, -0.05) is 94.4 Å². The van der Waals surface area contributed by atoms with Gasteiger partial charge < -0.3 is 18.6 Å². The molecule has 0 spiro atoms. The number of hydrogen-bond acceptors (Lipinski definition) is 5. The van der Waals surface area contributed by atoms with Gasteiger partial charge >= 0.3 is 0 Å². The summed E-state index contributed by atoms with van der Waals surface area (Å²) in [5.74, 6) is 0.701. The Morgan fingerprint density at radius 1 is 0.975 bits per heavy atom. The van der Waals surface area contributed by atoms with Crippen LogP contribution in [0, 0.1) is 12.3 Å². The van der Waals surface area contributed by atoms with Crippen molar-refractivity contribution in [1.29, 1.82) is 0 Å². The summed E-state index contributed by atoms with van der Waals surface area (Å²) in [7, 11) is 0.674. The lowest BCUT2D eigenvalue weighted by molar-refractivity contribution is -0.111. The maximum atomic E-state index is 7.15. The fraction of sp³-hybridized carbons (Fsp3) is 0.424. The van der Waals surface area contributed by atoms with Crippen LogP contribution in [0.1, 0.15) is 57.9 Å². The number of hydrogen-bond donors (Lipinski definition) is 0. The van der Waals surface area contributed by atoms with Gasteiger partial charge in [0.15, 0.2) is 0 Å². The van der Waals surface area contributed by atoms with Gasteiger partial charge in [0.05, 0.1) is 7.11 Å². The number of rotatable bonds is 14. The van der Waals surface area contributed by atoms with Crippen molar-refractivity contribution in [3.05, 3.63) is 95.2 Å². The van der Waals surface area contributed by atoms with Gasteiger partial charge in [-0.05, 0) is 51.1 Å². The van der Waals surface area contributed by atoms with E-state index < -0.39 is 19.8 Å². The molecule has 3 aromatic rings. The van der Waals surface area contributed by atoms with Gasteiger partial charge in [0.1, 0.15) is 24.3 Å². The molecule has 0 amide bonds. The van der Waals surface area contributed by atoms with Crippen LogP contribution in [0.4, 0.5) is 0 Å². The van der Waals surface area contributed by atoms with Crippen molar-refractivity contribution in [3.8, 4) is 5.75 Å². The minimum absolute atomic E-state index is 0.0756. The summed E-state index contributed by atoms with van der Waals surface area (Å²) >= 11 is 3.57. The molecule has 2 aromatic carbocycles. The van der Waals surface area contributed by atoms with Crippen LogP contribution in [0.2, 0.25) is 5.04 Å². The molecule has 1 heterocycles. The van der Waals surface area contributed by atoms with Gasteiger partial charge in [-0.25, -0.2) is 0 Å². The molecule has 0 aliphatic carbocycles. The van der Waals surface area contributed by atoms with Crippen LogP contribution in [-0.4, -0.2) is 40.9 Å². The molecule has 0 saturated heterocycles. The van der Waals surface area contributed by atoms with Gasteiger partial charge in [-0.15, -0.1) is 6.58 Å². The fourth-order valence-corrected chi connectivity index (χ4v) is 10.4. The monoisotopic (exact) mass is 625 g/mol. The molecule has 0 N–H and O–H groups in total. The molecule has 0 radical (unpaired) electrons. The van der Waals surface area contributed by atoms with Gasteiger partial charge in [-0.2, -0.15) is 0 Å². The number of halogens is 1. The van der Waals surface area contributed by atoms with Crippen molar-refractivity contribution < 1.29 is 18.6 Å².